The van der Waals surface area contributed by atoms with Gasteiger partial charge in [-0.1, -0.05) is 43.7 Å². The Balaban J connectivity index is 1.39. The molecule has 0 radical (unpaired) electrons. The number of hydrogen-bond donors (Lipinski definition) is 1. The molecule has 244 valence electrons. The first-order valence-corrected chi connectivity index (χ1v) is 17.7. The molecule has 1 aliphatic rings. The van der Waals surface area contributed by atoms with Gasteiger partial charge in [0.05, 0.1) is 22.8 Å². The number of nitrogens with zero attached hydrogens (tertiary/aromatic N) is 4. The van der Waals surface area contributed by atoms with Gasteiger partial charge < -0.3 is 19.7 Å². The number of aromatic nitrogens is 3. The first-order valence-electron chi connectivity index (χ1n) is 15.8. The molecule has 10 nitrogen and oxygen atoms in total. The number of rotatable bonds is 10. The number of likely N-dealkylation sites (tertiary alicyclic amines) is 1. The minimum Gasteiger partial charge on any atom is -0.444 e. The number of benzene rings is 2. The van der Waals surface area contributed by atoms with Crippen molar-refractivity contribution in [1.29, 1.82) is 0 Å². The molecule has 1 N–H and O–H groups in total. The summed E-state index contributed by atoms with van der Waals surface area (Å²) in [5.74, 6) is 1.58. The van der Waals surface area contributed by atoms with Crippen LogP contribution in [0.3, 0.4) is 0 Å². The number of carbonyl (C=O) groups is 1. The zero-order chi connectivity index (χ0) is 32.9. The van der Waals surface area contributed by atoms with Gasteiger partial charge in [0.15, 0.2) is 9.84 Å². The Morgan fingerprint density at radius 1 is 1.04 bits per heavy atom. The minimum absolute atomic E-state index is 0.0189. The van der Waals surface area contributed by atoms with Crippen molar-refractivity contribution in [3.63, 3.8) is 0 Å². The second-order valence-corrected chi connectivity index (χ2v) is 15.0. The lowest BCUT2D eigenvalue weighted by Gasteiger charge is -2.34. The molecule has 5 rings (SSSR count). The second kappa shape index (κ2) is 14.0. The van der Waals surface area contributed by atoms with E-state index < -0.39 is 15.4 Å². The van der Waals surface area contributed by atoms with E-state index in [2.05, 4.69) is 15.3 Å². The van der Waals surface area contributed by atoms with Gasteiger partial charge in [0.2, 0.25) is 11.8 Å². The monoisotopic (exact) mass is 645 g/mol. The highest BCUT2D eigenvalue weighted by Gasteiger charge is 2.28. The Kier molecular flexibility index (Phi) is 10.1. The third kappa shape index (κ3) is 8.31. The van der Waals surface area contributed by atoms with Gasteiger partial charge >= 0.3 is 6.09 Å². The molecule has 3 heterocycles. The van der Waals surface area contributed by atoms with E-state index in [-0.39, 0.29) is 23.6 Å². The van der Waals surface area contributed by atoms with Crippen LogP contribution in [0.25, 0.3) is 22.0 Å². The molecule has 46 heavy (non-hydrogen) atoms. The van der Waals surface area contributed by atoms with E-state index >= 15 is 0 Å². The summed E-state index contributed by atoms with van der Waals surface area (Å²) < 4.78 is 37.7. The van der Waals surface area contributed by atoms with Crippen molar-refractivity contribution in [1.82, 2.24) is 19.9 Å². The first kappa shape index (κ1) is 33.1. The maximum Gasteiger partial charge on any atom is 0.410 e. The third-order valence-electron chi connectivity index (χ3n) is 7.79. The quantitative estimate of drug-likeness (QED) is 0.189. The minimum atomic E-state index is -3.24. The van der Waals surface area contributed by atoms with E-state index in [1.54, 1.807) is 23.4 Å². The molecule has 1 saturated heterocycles. The molecule has 0 aliphatic carbocycles. The Labute approximate surface area is 271 Å². The number of hydrogen-bond acceptors (Lipinski definition) is 9. The zero-order valence-corrected chi connectivity index (χ0v) is 28.1. The van der Waals surface area contributed by atoms with Crippen LogP contribution in [0.1, 0.15) is 64.5 Å². The van der Waals surface area contributed by atoms with Crippen molar-refractivity contribution >= 4 is 32.7 Å². The summed E-state index contributed by atoms with van der Waals surface area (Å²) >= 11 is 0. The highest BCUT2D eigenvalue weighted by atomic mass is 32.2. The molecular formula is C35H43N5O5S. The number of unbranched alkanes of at least 4 members (excludes halogenated alkanes) is 1. The van der Waals surface area contributed by atoms with Gasteiger partial charge in [-0.2, -0.15) is 0 Å². The van der Waals surface area contributed by atoms with Gasteiger partial charge in [-0.15, -0.1) is 0 Å². The summed E-state index contributed by atoms with van der Waals surface area (Å²) in [6.45, 7) is 10.7. The summed E-state index contributed by atoms with van der Waals surface area (Å²) in [4.78, 5) is 28.2. The zero-order valence-electron chi connectivity index (χ0n) is 27.2. The van der Waals surface area contributed by atoms with Crippen LogP contribution in [0.15, 0.2) is 60.9 Å². The molecule has 11 heteroatoms. The van der Waals surface area contributed by atoms with Crippen LogP contribution < -0.4 is 10.1 Å². The molecule has 2 aromatic carbocycles. The number of amides is 1. The van der Waals surface area contributed by atoms with E-state index in [0.717, 1.165) is 41.2 Å². The van der Waals surface area contributed by atoms with E-state index in [9.17, 15) is 13.2 Å². The fraction of sp³-hybridized carbons (Fsp3) is 0.429. The first-order chi connectivity index (χ1) is 21.9. The summed E-state index contributed by atoms with van der Waals surface area (Å²) in [7, 11) is -3.24. The number of aryl methyl sites for hydroxylation is 1. The summed E-state index contributed by atoms with van der Waals surface area (Å²) in [5, 5.41) is 5.05. The number of ether oxygens (including phenoxy) is 2. The average molecular weight is 646 g/mol. The summed E-state index contributed by atoms with van der Waals surface area (Å²) in [6, 6.07) is 15.1. The van der Waals surface area contributed by atoms with E-state index in [0.29, 0.717) is 48.3 Å². The predicted octanol–water partition coefficient (Wildman–Crippen LogP) is 7.32. The Bertz CT molecular complexity index is 1810. The Hall–Kier alpha value is -4.25. The van der Waals surface area contributed by atoms with Crippen molar-refractivity contribution in [2.24, 2.45) is 0 Å². The van der Waals surface area contributed by atoms with Crippen LogP contribution >= 0.6 is 0 Å². The SMILES string of the molecule is CCCCS(=O)(=O)Cc1cccc2c(Oc3ncccc3-c3ccnc(N[C@H]4CCCN(C(=O)OC(C)(C)C)C4)n3)c(C)ccc12. The molecule has 0 spiro atoms. The van der Waals surface area contributed by atoms with Crippen LogP contribution in [-0.2, 0) is 20.3 Å². The van der Waals surface area contributed by atoms with Gasteiger partial charge in [0, 0.05) is 36.9 Å². The van der Waals surface area contributed by atoms with Crippen molar-refractivity contribution in [3.05, 3.63) is 72.1 Å². The topological polar surface area (TPSA) is 124 Å². The number of piperidine rings is 1. The van der Waals surface area contributed by atoms with Gasteiger partial charge in [-0.25, -0.2) is 28.2 Å². The molecule has 0 saturated carbocycles. The molecule has 2 aromatic heterocycles. The highest BCUT2D eigenvalue weighted by Crippen LogP contribution is 2.38. The molecular weight excluding hydrogens is 602 g/mol. The molecule has 0 unspecified atom stereocenters. The lowest BCUT2D eigenvalue weighted by molar-refractivity contribution is 0.0206. The Morgan fingerprint density at radius 2 is 1.87 bits per heavy atom. The van der Waals surface area contributed by atoms with Crippen LogP contribution in [0.2, 0.25) is 0 Å². The number of nitrogens with one attached hydrogen (secondary N) is 1. The lowest BCUT2D eigenvalue weighted by Crippen LogP contribution is -2.47. The van der Waals surface area contributed by atoms with Gasteiger partial charge in [0.25, 0.3) is 0 Å². The second-order valence-electron chi connectivity index (χ2n) is 12.8. The largest absolute Gasteiger partial charge is 0.444 e. The number of pyridine rings is 1. The Morgan fingerprint density at radius 3 is 2.65 bits per heavy atom. The van der Waals surface area contributed by atoms with Gasteiger partial charge in [-0.3, -0.25) is 0 Å². The maximum absolute atomic E-state index is 12.8. The van der Waals surface area contributed by atoms with E-state index in [1.807, 2.05) is 77.1 Å². The van der Waals surface area contributed by atoms with E-state index in [1.165, 1.54) is 0 Å². The highest BCUT2D eigenvalue weighted by molar-refractivity contribution is 7.90. The molecule has 0 bridgehead atoms. The number of fused-ring (bicyclic) bond motifs is 1. The fourth-order valence-electron chi connectivity index (χ4n) is 5.55. The molecule has 4 aromatic rings. The normalized spacial score (nSPS) is 15.5. The lowest BCUT2D eigenvalue weighted by atomic mass is 10.0. The molecule has 1 amide bonds. The fourth-order valence-corrected chi connectivity index (χ4v) is 7.15. The standard InChI is InChI=1S/C35H43N5O5S/c1-6-7-21-46(42,43)23-25-11-8-13-28-27(25)16-15-24(2)31(28)44-32-29(14-9-18-36-32)30-17-19-37-33(39-30)38-26-12-10-20-40(22-26)34(41)45-35(3,4)5/h8-9,11,13-19,26H,6-7,10,12,20-23H2,1-5H3,(H,37,38,39)/t26-/m0/s1. The number of carbonyl (C=O) groups excluding carboxylic acids is 1. The average Bonchev–Trinajstić information content (AvgIpc) is 3.01. The van der Waals surface area contributed by atoms with Crippen LogP contribution in [-0.4, -0.2) is 64.8 Å². The van der Waals surface area contributed by atoms with Crippen molar-refractivity contribution in [2.45, 2.75) is 77.7 Å². The summed E-state index contributed by atoms with van der Waals surface area (Å²) in [6.07, 6.45) is 6.22. The molecule has 1 aliphatic heterocycles. The number of anilines is 1. The third-order valence-corrected chi connectivity index (χ3v) is 9.45. The van der Waals surface area contributed by atoms with Crippen molar-refractivity contribution in [3.8, 4) is 22.9 Å². The maximum atomic E-state index is 12.8. The van der Waals surface area contributed by atoms with Gasteiger partial charge in [0.1, 0.15) is 11.4 Å². The molecule has 1 atom stereocenters. The van der Waals surface area contributed by atoms with Crippen LogP contribution in [0, 0.1) is 6.92 Å². The predicted molar refractivity (Wildman–Crippen MR) is 181 cm³/mol. The molecule has 1 fully saturated rings. The van der Waals surface area contributed by atoms with Crippen LogP contribution in [0.4, 0.5) is 10.7 Å². The van der Waals surface area contributed by atoms with Crippen LogP contribution in [0.5, 0.6) is 11.6 Å². The van der Waals surface area contributed by atoms with Crippen molar-refractivity contribution < 1.29 is 22.7 Å². The van der Waals surface area contributed by atoms with Gasteiger partial charge in [-0.05, 0) is 81.7 Å². The smallest absolute Gasteiger partial charge is 0.410 e. The van der Waals surface area contributed by atoms with E-state index in [4.69, 9.17) is 14.5 Å². The summed E-state index contributed by atoms with van der Waals surface area (Å²) in [5.41, 5.74) is 2.40. The van der Waals surface area contributed by atoms with Crippen molar-refractivity contribution in [2.75, 3.05) is 24.2 Å². The number of sulfone groups is 1.